The molecule has 16 rings (SSSR count). The van der Waals surface area contributed by atoms with Gasteiger partial charge in [0.05, 0.1) is 37.1 Å². The van der Waals surface area contributed by atoms with Crippen LogP contribution in [0.2, 0.25) is 0 Å². The molecule has 5 aliphatic rings. The molecule has 35 nitrogen and oxygen atoms in total. The van der Waals surface area contributed by atoms with Crippen molar-refractivity contribution in [2.45, 2.75) is 45.3 Å². The van der Waals surface area contributed by atoms with Crippen LogP contribution in [0.15, 0.2) is 267 Å². The molecule has 5 saturated heterocycles. The molecule has 5 fully saturated rings. The number of nitro groups is 3. The molecule has 0 spiro atoms. The molecule has 5 amide bonds. The number of benzene rings is 11. The number of piperazine rings is 5. The van der Waals surface area contributed by atoms with E-state index >= 15 is 0 Å². The van der Waals surface area contributed by atoms with Gasteiger partial charge in [-0.1, -0.05) is 127 Å². The second kappa shape index (κ2) is 50.3. The summed E-state index contributed by atoms with van der Waals surface area (Å²) < 4.78 is 26.9. The summed E-state index contributed by atoms with van der Waals surface area (Å²) in [6, 6.07) is 78.5. The van der Waals surface area contributed by atoms with E-state index in [1.54, 1.807) is 93.0 Å². The Morgan fingerprint density at radius 1 is 0.328 bits per heavy atom. The highest BCUT2D eigenvalue weighted by atomic mass is 19.1. The molecule has 0 bridgehead atoms. The molecule has 0 saturated carbocycles. The summed E-state index contributed by atoms with van der Waals surface area (Å²) in [6.07, 6.45) is 1.68. The lowest BCUT2D eigenvalue weighted by atomic mass is 9.87. The number of nitrogens with zero attached hydrogens (tertiary/aromatic N) is 13. The Hall–Kier alpha value is -15.1. The summed E-state index contributed by atoms with van der Waals surface area (Å²) in [5.74, 6) is -3.89. The Kier molecular flexibility index (Phi) is 37.1. The number of hydrogen-bond acceptors (Lipinski definition) is 27. The molecule has 11 aromatic rings. The van der Waals surface area contributed by atoms with Crippen molar-refractivity contribution in [3.8, 4) is 0 Å². The van der Waals surface area contributed by atoms with Gasteiger partial charge in [-0.3, -0.25) is 105 Å². The summed E-state index contributed by atoms with van der Waals surface area (Å²) in [5.41, 5.74) is 19.2. The summed E-state index contributed by atoms with van der Waals surface area (Å²) in [7, 11) is 0. The number of para-hydroxylation sites is 2. The van der Waals surface area contributed by atoms with Crippen molar-refractivity contribution in [2.24, 2.45) is 0 Å². The topological polar surface area (TPSA) is 426 Å². The summed E-state index contributed by atoms with van der Waals surface area (Å²) >= 11 is 0. The minimum Gasteiger partial charge on any atom is -0.369 e. The van der Waals surface area contributed by atoms with Crippen LogP contribution in [-0.4, -0.2) is 233 Å². The maximum Gasteiger partial charge on any atom is 0.293 e. The molecular formula is C100H110F2N18O17. The van der Waals surface area contributed by atoms with E-state index in [1.807, 2.05) is 76.5 Å². The highest BCUT2D eigenvalue weighted by molar-refractivity contribution is 6.03. The van der Waals surface area contributed by atoms with Crippen molar-refractivity contribution < 1.29 is 78.4 Å². The van der Waals surface area contributed by atoms with Crippen molar-refractivity contribution >= 4 is 86.5 Å². The Morgan fingerprint density at radius 2 is 0.642 bits per heavy atom. The van der Waals surface area contributed by atoms with E-state index in [2.05, 4.69) is 95.0 Å². The highest BCUT2D eigenvalue weighted by Gasteiger charge is 2.33. The lowest BCUT2D eigenvalue weighted by Crippen LogP contribution is -2.47. The Bertz CT molecular complexity index is 5680. The van der Waals surface area contributed by atoms with Crippen molar-refractivity contribution in [1.29, 1.82) is 0 Å². The molecule has 0 aromatic heterocycles. The van der Waals surface area contributed by atoms with Gasteiger partial charge in [0.15, 0.2) is 5.78 Å². The highest BCUT2D eigenvalue weighted by Crippen LogP contribution is 2.37. The predicted octanol–water partition coefficient (Wildman–Crippen LogP) is 13.3. The first-order valence-corrected chi connectivity index (χ1v) is 44.8. The average Bonchev–Trinajstić information content (AvgIpc) is 0.794. The first-order valence-electron chi connectivity index (χ1n) is 44.8. The fourth-order valence-corrected chi connectivity index (χ4v) is 17.2. The molecule has 716 valence electrons. The van der Waals surface area contributed by atoms with E-state index in [1.165, 1.54) is 96.4 Å². The lowest BCUT2D eigenvalue weighted by Gasteiger charge is -2.37. The lowest BCUT2D eigenvalue weighted by molar-refractivity contribution is -0.384. The third-order valence-corrected chi connectivity index (χ3v) is 24.5. The van der Waals surface area contributed by atoms with Crippen LogP contribution in [0.3, 0.4) is 0 Å². The van der Waals surface area contributed by atoms with Gasteiger partial charge >= 0.3 is 0 Å². The largest absolute Gasteiger partial charge is 0.369 e. The molecule has 5 aliphatic heterocycles. The number of nitro benzene ring substituents is 3. The normalized spacial score (nSPS) is 14.7. The maximum atomic E-state index is 13.5. The number of halogens is 2. The number of amides is 5. The van der Waals surface area contributed by atoms with Crippen molar-refractivity contribution in [3.63, 3.8) is 0 Å². The standard InChI is InChI=1S/C27H28F2N4O4.C19H20N4O5.C18H20N4O4.2C18H21N3O2/c28-21-7-3-19(4-8-21)24(20-5-9-22(29)10-6-20)2-1-13-31-14-16-32(17-15-31)26-12-11-23(33(36)37)18-25(26)27(34)30-35;1-13(24)14-5-7-15(8-6-14)21-9-11-22(12-10-21)18-16(19(25)20-26)3-2-4-17(18)23(27)28;23-18(19-24)15-7-4-8-16(22(25)26)17(15)21-11-9-20(10-12-21)13-14-5-2-1-3-6-14;2*22-18(19-23)16-6-8-17(9-7-16)21-12-10-20(11-13-21)14-15-4-2-1-3-5-15/h3-12,18,24,35H,1-2,13-17H2,(H,30,34);2-8,26H,9-12H2,1H3,(H,20,25);1-8,24H,9-13H2,(H,19,23);2*1-9,23H,10-14H2,(H,19,22). The van der Waals surface area contributed by atoms with Crippen LogP contribution >= 0.6 is 0 Å². The number of ketones is 1. The number of hydrogen-bond donors (Lipinski definition) is 10. The quantitative estimate of drug-likeness (QED) is 0.00989. The van der Waals surface area contributed by atoms with Crippen LogP contribution in [-0.2, 0) is 19.6 Å². The molecule has 0 aliphatic carbocycles. The molecule has 10 N–H and O–H groups in total. The first-order chi connectivity index (χ1) is 66.4. The van der Waals surface area contributed by atoms with Crippen molar-refractivity contribution in [1.82, 2.24) is 47.0 Å². The molecule has 0 unspecified atom stereocenters. The smallest absolute Gasteiger partial charge is 0.293 e. The SMILES string of the molecule is CC(=O)c1ccc(N2CCN(c3c(C(=O)NO)cccc3[N+](=O)[O-])CC2)cc1.O=C(NO)c1cc([N+](=O)[O-])ccc1N1CCN(CCCC(c2ccc(F)cc2)c2ccc(F)cc2)CC1.O=C(NO)c1ccc(N2CCN(Cc3ccccc3)CC2)cc1.O=C(NO)c1ccc(N2CCN(Cc3ccccc3)CC2)cc1.O=C(NO)c1cccc([N+](=O)[O-])c1N1CCN(Cc2ccccc2)CC1. The van der Waals surface area contributed by atoms with Gasteiger partial charge in [-0.2, -0.15) is 0 Å². The zero-order valence-corrected chi connectivity index (χ0v) is 75.6. The fraction of sp³-hybridized carbons (Fsp3) is 0.280. The minimum absolute atomic E-state index is 0.00226. The number of nitrogens with one attached hydrogen (secondary N) is 5. The third kappa shape index (κ3) is 28.3. The van der Waals surface area contributed by atoms with Crippen LogP contribution in [0.5, 0.6) is 0 Å². The van der Waals surface area contributed by atoms with Crippen LogP contribution in [0.25, 0.3) is 0 Å². The fourth-order valence-electron chi connectivity index (χ4n) is 17.2. The second-order valence-corrected chi connectivity index (χ2v) is 33.1. The Morgan fingerprint density at radius 3 is 0.978 bits per heavy atom. The number of carbonyl (C=O) groups excluding carboxylic acids is 6. The average molecular weight is 1870 g/mol. The van der Waals surface area contributed by atoms with Gasteiger partial charge in [0, 0.05) is 214 Å². The zero-order chi connectivity index (χ0) is 97.3. The van der Waals surface area contributed by atoms with Crippen molar-refractivity contribution in [3.05, 3.63) is 370 Å². The van der Waals surface area contributed by atoms with E-state index in [0.717, 1.165) is 152 Å². The van der Waals surface area contributed by atoms with Crippen LogP contribution in [0.4, 0.5) is 60.0 Å². The van der Waals surface area contributed by atoms with Crippen LogP contribution in [0, 0.1) is 42.0 Å². The number of Topliss-reactive ketones (excluding diaryl/α,β-unsaturated/α-hetero) is 1. The molecule has 11 aromatic carbocycles. The number of hydroxylamine groups is 5. The van der Waals surface area contributed by atoms with E-state index in [-0.39, 0.29) is 68.5 Å². The van der Waals surface area contributed by atoms with E-state index in [0.29, 0.717) is 74.7 Å². The molecule has 37 heteroatoms. The molecular weight excluding hydrogens is 1760 g/mol. The van der Waals surface area contributed by atoms with Crippen LogP contribution < -0.4 is 56.8 Å². The van der Waals surface area contributed by atoms with Crippen LogP contribution in [0.1, 0.15) is 116 Å². The zero-order valence-electron chi connectivity index (χ0n) is 75.6. The monoisotopic (exact) mass is 1870 g/mol. The van der Waals surface area contributed by atoms with Crippen molar-refractivity contribution in [2.75, 3.05) is 167 Å². The number of non-ortho nitro benzene ring substituents is 1. The molecule has 0 atom stereocenters. The maximum absolute atomic E-state index is 13.5. The molecule has 5 heterocycles. The third-order valence-electron chi connectivity index (χ3n) is 24.5. The first kappa shape index (κ1) is 101. The van der Waals surface area contributed by atoms with Gasteiger partial charge in [-0.15, -0.1) is 0 Å². The summed E-state index contributed by atoms with van der Waals surface area (Å²) in [5, 5.41) is 78.3. The van der Waals surface area contributed by atoms with Gasteiger partial charge in [0.25, 0.3) is 46.6 Å². The van der Waals surface area contributed by atoms with Gasteiger partial charge < -0.3 is 29.4 Å². The predicted molar refractivity (Wildman–Crippen MR) is 514 cm³/mol. The van der Waals surface area contributed by atoms with Gasteiger partial charge in [-0.05, 0) is 169 Å². The van der Waals surface area contributed by atoms with Gasteiger partial charge in [0.2, 0.25) is 0 Å². The van der Waals surface area contributed by atoms with Gasteiger partial charge in [-0.25, -0.2) is 36.2 Å². The summed E-state index contributed by atoms with van der Waals surface area (Å²) in [4.78, 5) is 124. The Labute approximate surface area is 790 Å². The molecule has 0 radical (unpaired) electrons. The Balaban J connectivity index is 0.000000156. The van der Waals surface area contributed by atoms with E-state index in [9.17, 15) is 67.9 Å². The second-order valence-electron chi connectivity index (χ2n) is 33.1. The van der Waals surface area contributed by atoms with E-state index < -0.39 is 44.3 Å². The number of rotatable bonds is 27. The number of carbonyl (C=O) groups is 6. The van der Waals surface area contributed by atoms with Gasteiger partial charge in [0.1, 0.15) is 23.0 Å². The number of anilines is 6. The van der Waals surface area contributed by atoms with E-state index in [4.69, 9.17) is 26.0 Å². The molecule has 137 heavy (non-hydrogen) atoms. The summed E-state index contributed by atoms with van der Waals surface area (Å²) in [6.45, 7) is 20.5. The minimum atomic E-state index is -0.797.